The van der Waals surface area contributed by atoms with Gasteiger partial charge in [-0.1, -0.05) is 29.3 Å². The molecule has 2 rings (SSSR count). The number of carbonyl (C=O) groups is 1. The minimum absolute atomic E-state index is 0.446. The molecule has 0 N–H and O–H groups in total. The Morgan fingerprint density at radius 2 is 1.70 bits per heavy atom. The van der Waals surface area contributed by atoms with Crippen LogP contribution in [0.15, 0.2) is 36.4 Å². The quantitative estimate of drug-likeness (QED) is 0.777. The maximum absolute atomic E-state index is 10.8. The summed E-state index contributed by atoms with van der Waals surface area (Å²) in [5.41, 5.74) is 4.08. The van der Waals surface area contributed by atoms with Gasteiger partial charge in [-0.25, -0.2) is 0 Å². The van der Waals surface area contributed by atoms with Crippen LogP contribution in [0.3, 0.4) is 0 Å². The van der Waals surface area contributed by atoms with Crippen molar-refractivity contribution in [2.45, 2.75) is 20.5 Å². The summed E-state index contributed by atoms with van der Waals surface area (Å²) in [7, 11) is 1.58. The molecule has 0 spiro atoms. The van der Waals surface area contributed by atoms with Crippen LogP contribution < -0.4 is 9.47 Å². The van der Waals surface area contributed by atoms with E-state index in [1.54, 1.807) is 25.3 Å². The van der Waals surface area contributed by atoms with Crippen molar-refractivity contribution in [3.8, 4) is 11.5 Å². The lowest BCUT2D eigenvalue weighted by Crippen LogP contribution is -1.99. The van der Waals surface area contributed by atoms with Gasteiger partial charge in [0, 0.05) is 5.56 Å². The molecule has 0 aliphatic carbocycles. The summed E-state index contributed by atoms with van der Waals surface area (Å²) in [4.78, 5) is 10.8. The summed E-state index contributed by atoms with van der Waals surface area (Å²) >= 11 is 0. The smallest absolute Gasteiger partial charge is 0.162 e. The molecule has 2 aromatic carbocycles. The van der Waals surface area contributed by atoms with Crippen molar-refractivity contribution in [3.05, 3.63) is 58.7 Å². The summed E-state index contributed by atoms with van der Waals surface area (Å²) in [6, 6.07) is 11.4. The Balaban J connectivity index is 2.19. The van der Waals surface area contributed by atoms with E-state index in [1.165, 1.54) is 11.1 Å². The van der Waals surface area contributed by atoms with E-state index in [2.05, 4.69) is 32.0 Å². The lowest BCUT2D eigenvalue weighted by Gasteiger charge is -2.12. The highest BCUT2D eigenvalue weighted by Crippen LogP contribution is 2.28. The highest BCUT2D eigenvalue weighted by Gasteiger charge is 2.06. The zero-order valence-electron chi connectivity index (χ0n) is 12.0. The van der Waals surface area contributed by atoms with E-state index in [0.29, 0.717) is 23.7 Å². The molecule has 0 saturated carbocycles. The van der Waals surface area contributed by atoms with Gasteiger partial charge in [0.25, 0.3) is 0 Å². The molecule has 0 fully saturated rings. The van der Waals surface area contributed by atoms with Crippen LogP contribution in [0.4, 0.5) is 0 Å². The third-order valence-corrected chi connectivity index (χ3v) is 3.00. The van der Waals surface area contributed by atoms with Gasteiger partial charge in [0.1, 0.15) is 12.9 Å². The van der Waals surface area contributed by atoms with Gasteiger partial charge in [0.2, 0.25) is 0 Å². The highest BCUT2D eigenvalue weighted by molar-refractivity contribution is 5.76. The Morgan fingerprint density at radius 1 is 1.00 bits per heavy atom. The molecule has 2 aromatic rings. The molecular formula is C17H18O3. The number of aldehydes is 1. The van der Waals surface area contributed by atoms with Gasteiger partial charge < -0.3 is 9.47 Å². The molecule has 0 heterocycles. The molecule has 0 bridgehead atoms. The number of methoxy groups -OCH3 is 1. The first-order chi connectivity index (χ1) is 9.62. The van der Waals surface area contributed by atoms with Crippen molar-refractivity contribution >= 4 is 6.29 Å². The average Bonchev–Trinajstić information content (AvgIpc) is 2.43. The van der Waals surface area contributed by atoms with Crippen LogP contribution in [-0.2, 0) is 6.61 Å². The second-order valence-electron chi connectivity index (χ2n) is 4.81. The van der Waals surface area contributed by atoms with Crippen LogP contribution in [-0.4, -0.2) is 13.4 Å². The van der Waals surface area contributed by atoms with Crippen LogP contribution >= 0.6 is 0 Å². The maximum atomic E-state index is 10.8. The molecule has 0 saturated heterocycles. The lowest BCUT2D eigenvalue weighted by molar-refractivity contribution is 0.112. The number of rotatable bonds is 5. The van der Waals surface area contributed by atoms with Gasteiger partial charge in [0.05, 0.1) is 7.11 Å². The number of hydrogen-bond acceptors (Lipinski definition) is 3. The van der Waals surface area contributed by atoms with Crippen molar-refractivity contribution in [1.82, 2.24) is 0 Å². The highest BCUT2D eigenvalue weighted by atomic mass is 16.5. The van der Waals surface area contributed by atoms with E-state index in [4.69, 9.17) is 9.47 Å². The van der Waals surface area contributed by atoms with Crippen molar-refractivity contribution in [3.63, 3.8) is 0 Å². The van der Waals surface area contributed by atoms with Gasteiger partial charge >= 0.3 is 0 Å². The van der Waals surface area contributed by atoms with E-state index in [-0.39, 0.29) is 0 Å². The summed E-state index contributed by atoms with van der Waals surface area (Å²) in [6.07, 6.45) is 0.795. The Kier molecular flexibility index (Phi) is 4.41. The van der Waals surface area contributed by atoms with Crippen LogP contribution in [0.2, 0.25) is 0 Å². The maximum Gasteiger partial charge on any atom is 0.162 e. The van der Waals surface area contributed by atoms with Crippen LogP contribution in [0.25, 0.3) is 0 Å². The van der Waals surface area contributed by atoms with E-state index >= 15 is 0 Å². The molecule has 0 amide bonds. The lowest BCUT2D eigenvalue weighted by atomic mass is 10.1. The molecule has 0 radical (unpaired) electrons. The van der Waals surface area contributed by atoms with Gasteiger partial charge in [-0.2, -0.15) is 0 Å². The molecule has 0 aliphatic rings. The molecule has 104 valence electrons. The molecule has 20 heavy (non-hydrogen) atoms. The summed E-state index contributed by atoms with van der Waals surface area (Å²) in [5.74, 6) is 1.20. The Labute approximate surface area is 119 Å². The molecule has 0 aliphatic heterocycles. The number of carbonyl (C=O) groups excluding carboxylic acids is 1. The molecule has 0 unspecified atom stereocenters. The van der Waals surface area contributed by atoms with Crippen molar-refractivity contribution in [2.75, 3.05) is 7.11 Å². The molecule has 0 atom stereocenters. The molecule has 3 nitrogen and oxygen atoms in total. The van der Waals surface area contributed by atoms with E-state index < -0.39 is 0 Å². The third-order valence-electron chi connectivity index (χ3n) is 3.00. The number of benzene rings is 2. The molecule has 3 heteroatoms. The van der Waals surface area contributed by atoms with Crippen LogP contribution in [0.1, 0.15) is 27.0 Å². The van der Waals surface area contributed by atoms with Gasteiger partial charge in [-0.3, -0.25) is 4.79 Å². The Morgan fingerprint density at radius 3 is 2.30 bits per heavy atom. The first-order valence-electron chi connectivity index (χ1n) is 6.45. The van der Waals surface area contributed by atoms with Crippen molar-refractivity contribution in [1.29, 1.82) is 0 Å². The van der Waals surface area contributed by atoms with Gasteiger partial charge in [-0.15, -0.1) is 0 Å². The average molecular weight is 270 g/mol. The fraction of sp³-hybridized carbons (Fsp3) is 0.235. The van der Waals surface area contributed by atoms with Crippen LogP contribution in [0.5, 0.6) is 11.5 Å². The Hall–Kier alpha value is -2.29. The Bertz CT molecular complexity index is 597. The van der Waals surface area contributed by atoms with Gasteiger partial charge in [-0.05, 0) is 37.6 Å². The number of aryl methyl sites for hydroxylation is 2. The zero-order valence-corrected chi connectivity index (χ0v) is 12.0. The van der Waals surface area contributed by atoms with Crippen molar-refractivity contribution in [2.24, 2.45) is 0 Å². The summed E-state index contributed by atoms with van der Waals surface area (Å²) in [5, 5.41) is 0. The standard InChI is InChI=1S/C17H18O3/c1-12-6-13(2)8-15(7-12)11-20-17-9-14(10-18)4-5-16(17)19-3/h4-10H,11H2,1-3H3. The third kappa shape index (κ3) is 3.38. The molecule has 0 aromatic heterocycles. The normalized spacial score (nSPS) is 10.2. The number of hydrogen-bond donors (Lipinski definition) is 0. The van der Waals surface area contributed by atoms with E-state index in [9.17, 15) is 4.79 Å². The minimum Gasteiger partial charge on any atom is -0.493 e. The summed E-state index contributed by atoms with van der Waals surface area (Å²) in [6.45, 7) is 4.56. The first-order valence-corrected chi connectivity index (χ1v) is 6.45. The summed E-state index contributed by atoms with van der Waals surface area (Å²) < 4.78 is 11.0. The zero-order chi connectivity index (χ0) is 14.5. The second kappa shape index (κ2) is 6.24. The first kappa shape index (κ1) is 14.1. The second-order valence-corrected chi connectivity index (χ2v) is 4.81. The largest absolute Gasteiger partial charge is 0.493 e. The van der Waals surface area contributed by atoms with Crippen LogP contribution in [0, 0.1) is 13.8 Å². The van der Waals surface area contributed by atoms with Crippen molar-refractivity contribution < 1.29 is 14.3 Å². The van der Waals surface area contributed by atoms with E-state index in [1.807, 2.05) is 0 Å². The van der Waals surface area contributed by atoms with E-state index in [0.717, 1.165) is 11.8 Å². The molecular weight excluding hydrogens is 252 g/mol. The fourth-order valence-corrected chi connectivity index (χ4v) is 2.19. The SMILES string of the molecule is COc1ccc(C=O)cc1OCc1cc(C)cc(C)c1. The predicted octanol–water partition coefficient (Wildman–Crippen LogP) is 3.70. The fourth-order valence-electron chi connectivity index (χ4n) is 2.19. The number of ether oxygens (including phenoxy) is 2. The topological polar surface area (TPSA) is 35.5 Å². The monoisotopic (exact) mass is 270 g/mol. The van der Waals surface area contributed by atoms with Gasteiger partial charge in [0.15, 0.2) is 11.5 Å². The predicted molar refractivity (Wildman–Crippen MR) is 78.6 cm³/mol. The minimum atomic E-state index is 0.446.